The minimum Gasteiger partial charge on any atom is -0.481 e. The molecule has 0 fully saturated rings. The molecule has 0 heterocycles. The van der Waals surface area contributed by atoms with Crippen molar-refractivity contribution >= 4 is 17.7 Å². The Kier molecular flexibility index (Phi) is 5.55. The van der Waals surface area contributed by atoms with Gasteiger partial charge in [-0.15, -0.1) is 0 Å². The number of carbonyl (C=O) groups is 2. The largest absolute Gasteiger partial charge is 0.481 e. The van der Waals surface area contributed by atoms with Crippen LogP contribution in [-0.2, 0) is 4.79 Å². The fraction of sp³-hybridized carbons (Fsp3) is 0.467. The van der Waals surface area contributed by atoms with Crippen molar-refractivity contribution in [2.45, 2.75) is 33.2 Å². The quantitative estimate of drug-likeness (QED) is 0.901. The first-order valence-electron chi connectivity index (χ1n) is 6.69. The molecule has 5 nitrogen and oxygen atoms in total. The Morgan fingerprint density at radius 1 is 1.25 bits per heavy atom. The topological polar surface area (TPSA) is 60.9 Å². The highest BCUT2D eigenvalue weighted by atomic mass is 16.4. The van der Waals surface area contributed by atoms with Crippen LogP contribution in [-0.4, -0.2) is 41.6 Å². The lowest BCUT2D eigenvalue weighted by molar-refractivity contribution is -0.138. The number of nitrogens with zero attached hydrogens (tertiary/aromatic N) is 2. The summed E-state index contributed by atoms with van der Waals surface area (Å²) >= 11 is 0. The minimum absolute atomic E-state index is 0.0542. The van der Waals surface area contributed by atoms with E-state index >= 15 is 0 Å². The summed E-state index contributed by atoms with van der Waals surface area (Å²) in [5, 5.41) is 8.84. The van der Waals surface area contributed by atoms with Gasteiger partial charge < -0.3 is 10.0 Å². The Balaban J connectivity index is 2.84. The standard InChI is InChI=1S/C15H22N2O3/c1-5-17(12(3)10-14(18)19)15(20)16(4)13-8-6-11(2)7-9-13/h6-9,12H,5,10H2,1-4H3,(H,18,19). The highest BCUT2D eigenvalue weighted by molar-refractivity contribution is 5.91. The fourth-order valence-electron chi connectivity index (χ4n) is 2.07. The number of carboxylic acid groups (broad SMARTS) is 1. The highest BCUT2D eigenvalue weighted by Crippen LogP contribution is 2.17. The average Bonchev–Trinajstić information content (AvgIpc) is 2.38. The van der Waals surface area contributed by atoms with Crippen molar-refractivity contribution in [3.8, 4) is 0 Å². The summed E-state index contributed by atoms with van der Waals surface area (Å²) in [6, 6.07) is 7.11. The van der Waals surface area contributed by atoms with Gasteiger partial charge in [0.05, 0.1) is 6.42 Å². The summed E-state index contributed by atoms with van der Waals surface area (Å²) in [5.74, 6) is -0.901. The maximum Gasteiger partial charge on any atom is 0.324 e. The summed E-state index contributed by atoms with van der Waals surface area (Å²) < 4.78 is 0. The van der Waals surface area contributed by atoms with Crippen LogP contribution < -0.4 is 4.90 Å². The molecule has 0 aromatic heterocycles. The van der Waals surface area contributed by atoms with Crippen LogP contribution in [0.5, 0.6) is 0 Å². The number of anilines is 1. The van der Waals surface area contributed by atoms with Gasteiger partial charge in [-0.25, -0.2) is 4.79 Å². The van der Waals surface area contributed by atoms with Crippen molar-refractivity contribution in [3.63, 3.8) is 0 Å². The van der Waals surface area contributed by atoms with E-state index in [1.54, 1.807) is 23.8 Å². The van der Waals surface area contributed by atoms with E-state index in [2.05, 4.69) is 0 Å². The molecule has 2 amide bonds. The molecular formula is C15H22N2O3. The predicted molar refractivity (Wildman–Crippen MR) is 79.1 cm³/mol. The minimum atomic E-state index is -0.901. The summed E-state index contributed by atoms with van der Waals surface area (Å²) in [6.45, 7) is 6.06. The van der Waals surface area contributed by atoms with Crippen LogP contribution >= 0.6 is 0 Å². The Hall–Kier alpha value is -2.04. The van der Waals surface area contributed by atoms with Crippen LogP contribution in [0.2, 0.25) is 0 Å². The first-order chi connectivity index (χ1) is 9.36. The van der Waals surface area contributed by atoms with Crippen LogP contribution in [0.25, 0.3) is 0 Å². The van der Waals surface area contributed by atoms with Gasteiger partial charge in [-0.3, -0.25) is 9.69 Å². The maximum atomic E-state index is 12.4. The third kappa shape index (κ3) is 3.98. The van der Waals surface area contributed by atoms with E-state index in [-0.39, 0.29) is 18.5 Å². The second-order valence-corrected chi connectivity index (χ2v) is 4.91. The molecule has 1 aromatic rings. The maximum absolute atomic E-state index is 12.4. The zero-order chi connectivity index (χ0) is 15.3. The first kappa shape index (κ1) is 16.0. The van der Waals surface area contributed by atoms with E-state index in [9.17, 15) is 9.59 Å². The van der Waals surface area contributed by atoms with Gasteiger partial charge in [0.2, 0.25) is 0 Å². The zero-order valence-corrected chi connectivity index (χ0v) is 12.5. The Morgan fingerprint density at radius 3 is 2.25 bits per heavy atom. The van der Waals surface area contributed by atoms with Crippen molar-refractivity contribution in [3.05, 3.63) is 29.8 Å². The monoisotopic (exact) mass is 278 g/mol. The molecule has 1 atom stereocenters. The molecule has 5 heteroatoms. The number of carboxylic acids is 1. The smallest absolute Gasteiger partial charge is 0.324 e. The van der Waals surface area contributed by atoms with E-state index in [1.165, 1.54) is 0 Å². The lowest BCUT2D eigenvalue weighted by Gasteiger charge is -2.31. The third-order valence-electron chi connectivity index (χ3n) is 3.30. The molecule has 0 spiro atoms. The summed E-state index contributed by atoms with van der Waals surface area (Å²) in [7, 11) is 1.70. The lowest BCUT2D eigenvalue weighted by atomic mass is 10.2. The number of aliphatic carboxylic acids is 1. The van der Waals surface area contributed by atoms with Crippen molar-refractivity contribution in [1.82, 2.24) is 4.90 Å². The molecule has 0 bridgehead atoms. The van der Waals surface area contributed by atoms with E-state index < -0.39 is 5.97 Å². The van der Waals surface area contributed by atoms with Gasteiger partial charge in [-0.2, -0.15) is 0 Å². The first-order valence-corrected chi connectivity index (χ1v) is 6.69. The van der Waals surface area contributed by atoms with Gasteiger partial charge in [0.15, 0.2) is 0 Å². The number of hydrogen-bond acceptors (Lipinski definition) is 2. The summed E-state index contributed by atoms with van der Waals surface area (Å²) in [6.07, 6.45) is -0.0542. The van der Waals surface area contributed by atoms with Crippen LogP contribution in [0.4, 0.5) is 10.5 Å². The van der Waals surface area contributed by atoms with Crippen LogP contribution in [0.1, 0.15) is 25.8 Å². The van der Waals surface area contributed by atoms with E-state index in [1.807, 2.05) is 38.1 Å². The molecule has 1 rings (SSSR count). The SMILES string of the molecule is CCN(C(=O)N(C)c1ccc(C)cc1)C(C)CC(=O)O. The molecule has 1 unspecified atom stereocenters. The normalized spacial score (nSPS) is 11.8. The molecule has 0 aliphatic heterocycles. The molecular weight excluding hydrogens is 256 g/mol. The van der Waals surface area contributed by atoms with E-state index in [0.29, 0.717) is 6.54 Å². The zero-order valence-electron chi connectivity index (χ0n) is 12.5. The Labute approximate surface area is 119 Å². The van der Waals surface area contributed by atoms with Crippen LogP contribution in [0.15, 0.2) is 24.3 Å². The lowest BCUT2D eigenvalue weighted by Crippen LogP contribution is -2.46. The van der Waals surface area contributed by atoms with Gasteiger partial charge >= 0.3 is 12.0 Å². The van der Waals surface area contributed by atoms with Crippen LogP contribution in [0, 0.1) is 6.92 Å². The van der Waals surface area contributed by atoms with E-state index in [0.717, 1.165) is 11.3 Å². The van der Waals surface area contributed by atoms with Gasteiger partial charge in [-0.05, 0) is 32.9 Å². The number of carbonyl (C=O) groups excluding carboxylic acids is 1. The number of amides is 2. The second-order valence-electron chi connectivity index (χ2n) is 4.91. The molecule has 0 saturated heterocycles. The third-order valence-corrected chi connectivity index (χ3v) is 3.30. The summed E-state index contributed by atoms with van der Waals surface area (Å²) in [5.41, 5.74) is 1.92. The van der Waals surface area contributed by atoms with Crippen molar-refractivity contribution in [2.75, 3.05) is 18.5 Å². The number of hydrogen-bond donors (Lipinski definition) is 1. The van der Waals surface area contributed by atoms with Gasteiger partial charge in [-0.1, -0.05) is 17.7 Å². The van der Waals surface area contributed by atoms with Gasteiger partial charge in [0.1, 0.15) is 0 Å². The summed E-state index contributed by atoms with van der Waals surface area (Å²) in [4.78, 5) is 26.3. The average molecular weight is 278 g/mol. The van der Waals surface area contributed by atoms with Crippen molar-refractivity contribution < 1.29 is 14.7 Å². The van der Waals surface area contributed by atoms with Gasteiger partial charge in [0.25, 0.3) is 0 Å². The van der Waals surface area contributed by atoms with Crippen LogP contribution in [0.3, 0.4) is 0 Å². The van der Waals surface area contributed by atoms with E-state index in [4.69, 9.17) is 5.11 Å². The Bertz CT molecular complexity index is 471. The molecule has 0 aliphatic carbocycles. The predicted octanol–water partition coefficient (Wildman–Crippen LogP) is 2.74. The molecule has 1 N–H and O–H groups in total. The van der Waals surface area contributed by atoms with Gasteiger partial charge in [0, 0.05) is 25.3 Å². The van der Waals surface area contributed by atoms with Crippen molar-refractivity contribution in [1.29, 1.82) is 0 Å². The number of aryl methyl sites for hydroxylation is 1. The molecule has 110 valence electrons. The molecule has 0 radical (unpaired) electrons. The molecule has 0 saturated carbocycles. The molecule has 20 heavy (non-hydrogen) atoms. The number of benzene rings is 1. The Morgan fingerprint density at radius 2 is 1.80 bits per heavy atom. The molecule has 0 aliphatic rings. The molecule has 1 aromatic carbocycles. The highest BCUT2D eigenvalue weighted by Gasteiger charge is 2.24. The number of urea groups is 1. The second kappa shape index (κ2) is 6.93. The number of rotatable bonds is 5. The van der Waals surface area contributed by atoms with Crippen molar-refractivity contribution in [2.24, 2.45) is 0 Å². The fourth-order valence-corrected chi connectivity index (χ4v) is 2.07.